The van der Waals surface area contributed by atoms with Crippen LogP contribution in [0.3, 0.4) is 0 Å². The van der Waals surface area contributed by atoms with Gasteiger partial charge in [0.2, 0.25) is 10.0 Å². The number of ether oxygens (including phenoxy) is 1. The molecule has 0 aliphatic heterocycles. The van der Waals surface area contributed by atoms with Gasteiger partial charge >= 0.3 is 0 Å². The van der Waals surface area contributed by atoms with Gasteiger partial charge in [-0.05, 0) is 0 Å². The predicted molar refractivity (Wildman–Crippen MR) is 37.8 cm³/mol. The number of sulfonamides is 1. The maximum Gasteiger partial charge on any atom is 0.215 e. The number of methoxy groups -OCH3 is 1. The number of hydrogen-bond donors (Lipinski definition) is 2. The Bertz CT molecular complexity index is 177. The lowest BCUT2D eigenvalue weighted by atomic mass is 10.4. The van der Waals surface area contributed by atoms with E-state index in [9.17, 15) is 8.42 Å². The van der Waals surface area contributed by atoms with Gasteiger partial charge in [-0.25, -0.2) is 13.6 Å². The van der Waals surface area contributed by atoms with Crippen molar-refractivity contribution in [2.75, 3.05) is 20.3 Å². The molecule has 0 rings (SSSR count). The molecule has 0 aliphatic rings. The summed E-state index contributed by atoms with van der Waals surface area (Å²) in [5, 5.41) is 4.01. The second kappa shape index (κ2) is 3.87. The van der Waals surface area contributed by atoms with E-state index >= 15 is 0 Å². The Morgan fingerprint density at radius 3 is 2.20 bits per heavy atom. The average molecular weight is 168 g/mol. The van der Waals surface area contributed by atoms with Crippen LogP contribution in [-0.4, -0.2) is 33.9 Å². The summed E-state index contributed by atoms with van der Waals surface area (Å²) in [6.07, 6.45) is 0. The lowest BCUT2D eigenvalue weighted by Crippen LogP contribution is -2.38. The van der Waals surface area contributed by atoms with Gasteiger partial charge in [-0.15, -0.1) is 0 Å². The van der Waals surface area contributed by atoms with Crippen LogP contribution in [0.2, 0.25) is 0 Å². The van der Waals surface area contributed by atoms with Crippen molar-refractivity contribution < 1.29 is 13.2 Å². The van der Waals surface area contributed by atoms with Crippen molar-refractivity contribution in [3.63, 3.8) is 0 Å². The predicted octanol–water partition coefficient (Wildman–Crippen LogP) is -1.75. The van der Waals surface area contributed by atoms with Crippen molar-refractivity contribution in [3.05, 3.63) is 0 Å². The van der Waals surface area contributed by atoms with E-state index in [2.05, 4.69) is 4.74 Å². The quantitative estimate of drug-likeness (QED) is 0.520. The molecule has 62 valence electrons. The Morgan fingerprint density at radius 1 is 1.60 bits per heavy atom. The number of hydrogen-bond acceptors (Lipinski definition) is 4. The van der Waals surface area contributed by atoms with E-state index in [1.165, 1.54) is 7.11 Å². The Labute approximate surface area is 60.4 Å². The van der Waals surface area contributed by atoms with Crippen LogP contribution < -0.4 is 10.9 Å². The highest BCUT2D eigenvalue weighted by Gasteiger charge is 2.18. The van der Waals surface area contributed by atoms with E-state index < -0.39 is 15.3 Å². The third kappa shape index (κ3) is 3.11. The van der Waals surface area contributed by atoms with Crippen LogP contribution in [0, 0.1) is 0 Å². The van der Waals surface area contributed by atoms with E-state index in [1.54, 1.807) is 0 Å². The van der Waals surface area contributed by atoms with E-state index in [4.69, 9.17) is 10.9 Å². The first-order valence-electron chi connectivity index (χ1n) is 2.73. The molecule has 0 aliphatic carbocycles. The van der Waals surface area contributed by atoms with Gasteiger partial charge in [0.25, 0.3) is 0 Å². The van der Waals surface area contributed by atoms with Crippen LogP contribution in [0.5, 0.6) is 0 Å². The van der Waals surface area contributed by atoms with Crippen LogP contribution in [0.25, 0.3) is 0 Å². The maximum absolute atomic E-state index is 10.6. The lowest BCUT2D eigenvalue weighted by molar-refractivity contribution is 0.198. The van der Waals surface area contributed by atoms with Gasteiger partial charge in [0.15, 0.2) is 0 Å². The molecule has 10 heavy (non-hydrogen) atoms. The van der Waals surface area contributed by atoms with Gasteiger partial charge in [-0.2, -0.15) is 0 Å². The zero-order valence-corrected chi connectivity index (χ0v) is 6.60. The molecule has 6 heteroatoms. The molecule has 0 amide bonds. The highest BCUT2D eigenvalue weighted by molar-refractivity contribution is 7.89. The van der Waals surface area contributed by atoms with Gasteiger partial charge in [0.05, 0.1) is 6.61 Å². The smallest absolute Gasteiger partial charge is 0.215 e. The Morgan fingerprint density at radius 2 is 2.10 bits per heavy atom. The Balaban J connectivity index is 4.08. The molecule has 0 heterocycles. The molecule has 4 N–H and O–H groups in total. The first-order chi connectivity index (χ1) is 4.52. The molecular formula is C4H12N2O3S. The zero-order chi connectivity index (χ0) is 8.20. The average Bonchev–Trinajstić information content (AvgIpc) is 1.80. The summed E-state index contributed by atoms with van der Waals surface area (Å²) >= 11 is 0. The summed E-state index contributed by atoms with van der Waals surface area (Å²) in [4.78, 5) is 0. The van der Waals surface area contributed by atoms with Crippen LogP contribution >= 0.6 is 0 Å². The monoisotopic (exact) mass is 168 g/mol. The summed E-state index contributed by atoms with van der Waals surface area (Å²) in [5.74, 6) is 0. The number of nitrogens with two attached hydrogens (primary N) is 2. The molecule has 5 nitrogen and oxygen atoms in total. The highest BCUT2D eigenvalue weighted by Crippen LogP contribution is 1.92. The van der Waals surface area contributed by atoms with Crippen LogP contribution in [0.4, 0.5) is 0 Å². The van der Waals surface area contributed by atoms with E-state index in [-0.39, 0.29) is 13.2 Å². The topological polar surface area (TPSA) is 95.4 Å². The molecule has 0 fully saturated rings. The van der Waals surface area contributed by atoms with Crippen LogP contribution in [-0.2, 0) is 14.8 Å². The van der Waals surface area contributed by atoms with E-state index in [1.807, 2.05) is 0 Å². The minimum Gasteiger partial charge on any atom is -0.383 e. The fourth-order valence-corrected chi connectivity index (χ4v) is 1.08. The van der Waals surface area contributed by atoms with Crippen molar-refractivity contribution in [2.24, 2.45) is 10.9 Å². The highest BCUT2D eigenvalue weighted by atomic mass is 32.2. The standard InChI is InChI=1S/C4H12N2O3S/c1-9-3-4(2-5)10(6,7)8/h4H,2-3,5H2,1H3,(H2,6,7,8)/t4-/m0/s1. The minimum atomic E-state index is -3.53. The van der Waals surface area contributed by atoms with Crippen LogP contribution in [0.1, 0.15) is 0 Å². The normalized spacial score (nSPS) is 15.1. The van der Waals surface area contributed by atoms with E-state index in [0.717, 1.165) is 0 Å². The van der Waals surface area contributed by atoms with Crippen LogP contribution in [0.15, 0.2) is 0 Å². The largest absolute Gasteiger partial charge is 0.383 e. The summed E-state index contributed by atoms with van der Waals surface area (Å²) in [6, 6.07) is 0. The maximum atomic E-state index is 10.6. The Kier molecular flexibility index (Phi) is 3.80. The molecule has 0 aromatic heterocycles. The molecular weight excluding hydrogens is 156 g/mol. The van der Waals surface area contributed by atoms with Crippen molar-refractivity contribution >= 4 is 10.0 Å². The fraction of sp³-hybridized carbons (Fsp3) is 1.00. The molecule has 0 spiro atoms. The second-order valence-electron chi connectivity index (χ2n) is 1.90. The SMILES string of the molecule is COC[C@H](CN)S(N)(=O)=O. The molecule has 0 unspecified atom stereocenters. The van der Waals surface area contributed by atoms with Gasteiger partial charge in [-0.1, -0.05) is 0 Å². The summed E-state index contributed by atoms with van der Waals surface area (Å²) in [5.41, 5.74) is 5.11. The molecule has 0 aromatic carbocycles. The minimum absolute atomic E-state index is 0.00727. The third-order valence-electron chi connectivity index (χ3n) is 1.08. The van der Waals surface area contributed by atoms with Gasteiger partial charge in [0, 0.05) is 13.7 Å². The van der Waals surface area contributed by atoms with Crippen molar-refractivity contribution in [2.45, 2.75) is 5.25 Å². The van der Waals surface area contributed by atoms with Crippen molar-refractivity contribution in [1.82, 2.24) is 0 Å². The fourth-order valence-electron chi connectivity index (χ4n) is 0.483. The van der Waals surface area contributed by atoms with Crippen molar-refractivity contribution in [3.8, 4) is 0 Å². The summed E-state index contributed by atoms with van der Waals surface area (Å²) < 4.78 is 25.7. The van der Waals surface area contributed by atoms with Gasteiger partial charge in [0.1, 0.15) is 5.25 Å². The van der Waals surface area contributed by atoms with E-state index in [0.29, 0.717) is 0 Å². The summed E-state index contributed by atoms with van der Waals surface area (Å²) in [6.45, 7) is 0.0437. The molecule has 1 atom stereocenters. The summed E-state index contributed by atoms with van der Waals surface area (Å²) in [7, 11) is -2.13. The van der Waals surface area contributed by atoms with Gasteiger partial charge < -0.3 is 10.5 Å². The molecule has 0 radical (unpaired) electrons. The van der Waals surface area contributed by atoms with Gasteiger partial charge in [-0.3, -0.25) is 0 Å². The first-order valence-corrected chi connectivity index (χ1v) is 4.34. The molecule has 0 bridgehead atoms. The zero-order valence-electron chi connectivity index (χ0n) is 5.78. The van der Waals surface area contributed by atoms with Crippen molar-refractivity contribution in [1.29, 1.82) is 0 Å². The number of rotatable bonds is 4. The third-order valence-corrected chi connectivity index (χ3v) is 2.34. The number of primary sulfonamides is 1. The second-order valence-corrected chi connectivity index (χ2v) is 3.75. The molecule has 0 saturated carbocycles. The first kappa shape index (κ1) is 9.83. The molecule has 0 saturated heterocycles. The Hall–Kier alpha value is -0.170. The molecule has 0 aromatic rings. The lowest BCUT2D eigenvalue weighted by Gasteiger charge is -2.09.